The molecule has 8 nitrogen and oxygen atoms in total. The molecule has 0 radical (unpaired) electrons. The van der Waals surface area contributed by atoms with Crippen molar-refractivity contribution in [2.45, 2.75) is 69.7 Å². The number of likely N-dealkylation sites (tertiary alicyclic amines) is 1. The minimum atomic E-state index is -1.06. The number of amides is 3. The van der Waals surface area contributed by atoms with Crippen LogP contribution in [0, 0.1) is 11.8 Å². The lowest BCUT2D eigenvalue weighted by Gasteiger charge is -2.42. The van der Waals surface area contributed by atoms with E-state index in [0.29, 0.717) is 45.3 Å². The Labute approximate surface area is 225 Å². The van der Waals surface area contributed by atoms with Crippen molar-refractivity contribution in [3.63, 3.8) is 0 Å². The predicted molar refractivity (Wildman–Crippen MR) is 146 cm³/mol. The number of rotatable bonds is 11. The smallest absolute Gasteiger partial charge is 0.249 e. The monoisotopic (exact) mass is 523 g/mol. The van der Waals surface area contributed by atoms with Crippen LogP contribution in [0.5, 0.6) is 0 Å². The molecule has 3 saturated heterocycles. The number of benzene rings is 1. The van der Waals surface area contributed by atoms with E-state index in [1.54, 1.807) is 26.9 Å². The molecule has 206 valence electrons. The van der Waals surface area contributed by atoms with Gasteiger partial charge in [-0.1, -0.05) is 30.4 Å². The molecule has 3 aliphatic heterocycles. The van der Waals surface area contributed by atoms with Gasteiger partial charge in [0.15, 0.2) is 0 Å². The summed E-state index contributed by atoms with van der Waals surface area (Å²) in [5.41, 5.74) is -0.823. The van der Waals surface area contributed by atoms with Crippen LogP contribution in [0.2, 0.25) is 0 Å². The molecule has 1 spiro atoms. The van der Waals surface area contributed by atoms with Crippen LogP contribution in [-0.2, 0) is 19.1 Å². The zero-order valence-electron chi connectivity index (χ0n) is 22.8. The van der Waals surface area contributed by atoms with E-state index >= 15 is 0 Å². The first kappa shape index (κ1) is 28.0. The molecule has 8 heteroatoms. The van der Waals surface area contributed by atoms with Crippen LogP contribution in [0.15, 0.2) is 55.6 Å². The number of fused-ring (bicyclic) bond motifs is 1. The molecule has 0 aliphatic carbocycles. The van der Waals surface area contributed by atoms with Crippen molar-refractivity contribution in [1.82, 2.24) is 9.80 Å². The predicted octanol–water partition coefficient (Wildman–Crippen LogP) is 3.17. The summed E-state index contributed by atoms with van der Waals surface area (Å²) in [6.45, 7) is 14.5. The lowest BCUT2D eigenvalue weighted by Crippen LogP contribution is -2.60. The largest absolute Gasteiger partial charge is 0.396 e. The highest BCUT2D eigenvalue weighted by molar-refractivity contribution is 6.03. The van der Waals surface area contributed by atoms with E-state index in [1.165, 1.54) is 0 Å². The average Bonchev–Trinajstić information content (AvgIpc) is 3.52. The van der Waals surface area contributed by atoms with Gasteiger partial charge >= 0.3 is 0 Å². The van der Waals surface area contributed by atoms with Crippen LogP contribution in [0.4, 0.5) is 5.69 Å². The van der Waals surface area contributed by atoms with Crippen LogP contribution in [0.3, 0.4) is 0 Å². The van der Waals surface area contributed by atoms with Gasteiger partial charge in [-0.3, -0.25) is 14.4 Å². The number of hydrogen-bond acceptors (Lipinski definition) is 5. The fraction of sp³-hybridized carbons (Fsp3) is 0.567. The van der Waals surface area contributed by atoms with Gasteiger partial charge in [0, 0.05) is 37.5 Å². The molecule has 5 atom stereocenters. The molecule has 3 heterocycles. The first-order valence-corrected chi connectivity index (χ1v) is 13.6. The standard InChI is InChI=1S/C30H41N3O5/c1-6-17-31(21-13-9-8-10-14-21)26(35)23-22-15-16-30(38-22)24(23)27(36)32(19-11-12-20-34)25(30)28(37)33(18-7-2)29(3,4)5/h6-10,13-14,22-25,34H,1-2,11-12,15-20H2,3-5H3/t22-,23+,24-,25?,30?/m0/s1. The fourth-order valence-corrected chi connectivity index (χ4v) is 6.56. The van der Waals surface area contributed by atoms with E-state index in [2.05, 4.69) is 13.2 Å². The molecule has 3 fully saturated rings. The molecule has 38 heavy (non-hydrogen) atoms. The van der Waals surface area contributed by atoms with Crippen LogP contribution < -0.4 is 4.90 Å². The van der Waals surface area contributed by atoms with Gasteiger partial charge in [0.2, 0.25) is 17.7 Å². The third kappa shape index (κ3) is 4.69. The number of carbonyl (C=O) groups excluding carboxylic acids is 3. The summed E-state index contributed by atoms with van der Waals surface area (Å²) in [5.74, 6) is -1.99. The number of aliphatic hydroxyl groups is 1. The molecule has 1 N–H and O–H groups in total. The number of hydrogen-bond donors (Lipinski definition) is 1. The highest BCUT2D eigenvalue weighted by Crippen LogP contribution is 2.59. The van der Waals surface area contributed by atoms with E-state index in [-0.39, 0.29) is 24.3 Å². The highest BCUT2D eigenvalue weighted by atomic mass is 16.5. The Kier molecular flexibility index (Phi) is 8.14. The molecule has 0 saturated carbocycles. The Morgan fingerprint density at radius 2 is 1.82 bits per heavy atom. The third-order valence-corrected chi connectivity index (χ3v) is 8.16. The van der Waals surface area contributed by atoms with Crippen molar-refractivity contribution in [2.24, 2.45) is 11.8 Å². The minimum Gasteiger partial charge on any atom is -0.396 e. The summed E-state index contributed by atoms with van der Waals surface area (Å²) >= 11 is 0. The molecule has 1 aromatic rings. The Balaban J connectivity index is 1.75. The number of nitrogens with zero attached hydrogens (tertiary/aromatic N) is 3. The quantitative estimate of drug-likeness (QED) is 0.356. The van der Waals surface area contributed by atoms with Crippen LogP contribution in [0.25, 0.3) is 0 Å². The summed E-state index contributed by atoms with van der Waals surface area (Å²) in [6, 6.07) is 8.54. The lowest BCUT2D eigenvalue weighted by molar-refractivity contribution is -0.151. The van der Waals surface area contributed by atoms with Crippen molar-refractivity contribution >= 4 is 23.4 Å². The maximum atomic E-state index is 14.3. The number of anilines is 1. The van der Waals surface area contributed by atoms with E-state index < -0.39 is 35.1 Å². The first-order chi connectivity index (χ1) is 18.1. The number of para-hydroxylation sites is 1. The van der Waals surface area contributed by atoms with Gasteiger partial charge < -0.3 is 24.5 Å². The molecule has 3 amide bonds. The van der Waals surface area contributed by atoms with Gasteiger partial charge in [-0.05, 0) is 58.6 Å². The fourth-order valence-electron chi connectivity index (χ4n) is 6.56. The Morgan fingerprint density at radius 1 is 1.13 bits per heavy atom. The number of carbonyl (C=O) groups is 3. The zero-order valence-corrected chi connectivity index (χ0v) is 22.8. The number of ether oxygens (including phenoxy) is 1. The van der Waals surface area contributed by atoms with E-state index in [1.807, 2.05) is 51.1 Å². The van der Waals surface area contributed by atoms with Crippen molar-refractivity contribution < 1.29 is 24.2 Å². The molecule has 3 aliphatic rings. The second-order valence-corrected chi connectivity index (χ2v) is 11.5. The Morgan fingerprint density at radius 3 is 2.42 bits per heavy atom. The van der Waals surface area contributed by atoms with Crippen LogP contribution in [0.1, 0.15) is 46.5 Å². The number of unbranched alkanes of at least 4 members (excludes halogenated alkanes) is 1. The second kappa shape index (κ2) is 11.0. The summed E-state index contributed by atoms with van der Waals surface area (Å²) in [6.07, 6.45) is 5.18. The summed E-state index contributed by atoms with van der Waals surface area (Å²) in [7, 11) is 0. The average molecular weight is 524 g/mol. The van der Waals surface area contributed by atoms with Crippen LogP contribution in [-0.4, -0.2) is 82.2 Å². The first-order valence-electron chi connectivity index (χ1n) is 13.6. The van der Waals surface area contributed by atoms with Gasteiger partial charge in [-0.15, -0.1) is 13.2 Å². The topological polar surface area (TPSA) is 90.4 Å². The van der Waals surface area contributed by atoms with Gasteiger partial charge in [-0.2, -0.15) is 0 Å². The third-order valence-electron chi connectivity index (χ3n) is 8.16. The van der Waals surface area contributed by atoms with Crippen molar-refractivity contribution in [3.05, 3.63) is 55.6 Å². The van der Waals surface area contributed by atoms with Gasteiger partial charge in [-0.25, -0.2) is 0 Å². The van der Waals surface area contributed by atoms with E-state index in [0.717, 1.165) is 5.69 Å². The SMILES string of the molecule is C=CCN(C(=O)[C@@H]1[C@@H]2CCC3(O2)C(C(=O)N(CC=C)C(C)(C)C)N(CCCCO)C(=O)[C@H]13)c1ccccc1. The molecule has 0 aromatic heterocycles. The lowest BCUT2D eigenvalue weighted by atomic mass is 9.70. The second-order valence-electron chi connectivity index (χ2n) is 11.5. The van der Waals surface area contributed by atoms with Gasteiger partial charge in [0.25, 0.3) is 0 Å². The molecular weight excluding hydrogens is 482 g/mol. The van der Waals surface area contributed by atoms with E-state index in [9.17, 15) is 19.5 Å². The maximum absolute atomic E-state index is 14.3. The summed E-state index contributed by atoms with van der Waals surface area (Å²) in [4.78, 5) is 47.6. The molecule has 4 rings (SSSR count). The molecule has 2 unspecified atom stereocenters. The van der Waals surface area contributed by atoms with Crippen LogP contribution >= 0.6 is 0 Å². The van der Waals surface area contributed by atoms with Crippen molar-refractivity contribution in [3.8, 4) is 0 Å². The summed E-state index contributed by atoms with van der Waals surface area (Å²) in [5, 5.41) is 9.37. The minimum absolute atomic E-state index is 0.00701. The van der Waals surface area contributed by atoms with Gasteiger partial charge in [0.1, 0.15) is 11.6 Å². The normalized spacial score (nSPS) is 27.8. The zero-order chi connectivity index (χ0) is 27.7. The highest BCUT2D eigenvalue weighted by Gasteiger charge is 2.75. The van der Waals surface area contributed by atoms with Gasteiger partial charge in [0.05, 0.1) is 17.9 Å². The molecular formula is C30H41N3O5. The van der Waals surface area contributed by atoms with E-state index in [4.69, 9.17) is 4.74 Å². The van der Waals surface area contributed by atoms with Crippen molar-refractivity contribution in [1.29, 1.82) is 0 Å². The van der Waals surface area contributed by atoms with Crippen molar-refractivity contribution in [2.75, 3.05) is 31.1 Å². The Bertz CT molecular complexity index is 1070. The Hall–Kier alpha value is -2.97. The summed E-state index contributed by atoms with van der Waals surface area (Å²) < 4.78 is 6.60. The maximum Gasteiger partial charge on any atom is 0.249 e. The number of aliphatic hydroxyl groups excluding tert-OH is 1. The molecule has 2 bridgehead atoms. The molecule has 1 aromatic carbocycles.